The Bertz CT molecular complexity index is 832. The van der Waals surface area contributed by atoms with Gasteiger partial charge in [0.2, 0.25) is 0 Å². The number of hydrogen-bond donors (Lipinski definition) is 0. The molecule has 3 aromatic rings. The summed E-state index contributed by atoms with van der Waals surface area (Å²) in [7, 11) is 0. The van der Waals surface area contributed by atoms with Gasteiger partial charge in [-0.1, -0.05) is 12.1 Å². The monoisotopic (exact) mass is 348 g/mol. The van der Waals surface area contributed by atoms with Crippen molar-refractivity contribution in [3.8, 4) is 5.75 Å². The van der Waals surface area contributed by atoms with Crippen molar-refractivity contribution >= 4 is 16.7 Å². The average Bonchev–Trinajstić information content (AvgIpc) is 2.72. The van der Waals surface area contributed by atoms with E-state index in [2.05, 4.69) is 38.0 Å². The molecule has 0 bridgehead atoms. The van der Waals surface area contributed by atoms with Gasteiger partial charge in [-0.05, 0) is 36.8 Å². The van der Waals surface area contributed by atoms with Crippen molar-refractivity contribution in [1.82, 2.24) is 14.9 Å². The molecule has 0 N–H and O–H groups in total. The zero-order valence-corrected chi connectivity index (χ0v) is 14.9. The van der Waals surface area contributed by atoms with Gasteiger partial charge in [-0.3, -0.25) is 9.88 Å². The van der Waals surface area contributed by atoms with Crippen LogP contribution in [0.1, 0.15) is 6.42 Å². The molecule has 5 heteroatoms. The van der Waals surface area contributed by atoms with Gasteiger partial charge in [0, 0.05) is 56.6 Å². The van der Waals surface area contributed by atoms with Crippen molar-refractivity contribution in [2.24, 2.45) is 0 Å². The van der Waals surface area contributed by atoms with Crippen LogP contribution < -0.4 is 9.64 Å². The average molecular weight is 348 g/mol. The summed E-state index contributed by atoms with van der Waals surface area (Å²) in [6.45, 7) is 6.04. The Morgan fingerprint density at radius 2 is 1.77 bits per heavy atom. The van der Waals surface area contributed by atoms with E-state index in [1.165, 1.54) is 0 Å². The van der Waals surface area contributed by atoms with Crippen LogP contribution in [0.3, 0.4) is 0 Å². The van der Waals surface area contributed by atoms with Crippen molar-refractivity contribution in [3.63, 3.8) is 0 Å². The number of nitrogens with zero attached hydrogens (tertiary/aromatic N) is 4. The molecule has 1 aliphatic heterocycles. The number of aromatic nitrogens is 2. The minimum absolute atomic E-state index is 0.735. The van der Waals surface area contributed by atoms with Crippen LogP contribution in [0.25, 0.3) is 10.9 Å². The van der Waals surface area contributed by atoms with Crippen LogP contribution in [0, 0.1) is 0 Å². The second kappa shape index (κ2) is 8.15. The summed E-state index contributed by atoms with van der Waals surface area (Å²) < 4.78 is 5.91. The summed E-state index contributed by atoms with van der Waals surface area (Å²) in [6.07, 6.45) is 4.71. The highest BCUT2D eigenvalue weighted by molar-refractivity contribution is 5.79. The maximum absolute atomic E-state index is 5.91. The SMILES string of the molecule is c1ccc(N2CCN(CCCOc3ccc4cccnc4c3)CC2)nc1. The first-order valence-corrected chi connectivity index (χ1v) is 9.24. The molecule has 1 fully saturated rings. The number of pyridine rings is 2. The van der Waals surface area contributed by atoms with Crippen LogP contribution in [0.15, 0.2) is 60.9 Å². The third-order valence-electron chi connectivity index (χ3n) is 4.81. The molecule has 0 spiro atoms. The second-order valence-electron chi connectivity index (χ2n) is 6.58. The number of piperazine rings is 1. The molecule has 1 saturated heterocycles. The Kier molecular flexibility index (Phi) is 5.26. The summed E-state index contributed by atoms with van der Waals surface area (Å²) in [6, 6.07) is 16.2. The standard InChI is InChI=1S/C21H24N4O/c1-2-9-23-21(6-1)25-14-12-24(13-15-25)11-4-16-26-19-8-7-18-5-3-10-22-20(18)17-19/h1-3,5-10,17H,4,11-16H2. The smallest absolute Gasteiger partial charge is 0.128 e. The molecule has 0 atom stereocenters. The molecule has 134 valence electrons. The molecular formula is C21H24N4O. The number of anilines is 1. The molecule has 0 amide bonds. The maximum Gasteiger partial charge on any atom is 0.128 e. The first kappa shape index (κ1) is 16.8. The van der Waals surface area contributed by atoms with E-state index in [-0.39, 0.29) is 0 Å². The highest BCUT2D eigenvalue weighted by Gasteiger charge is 2.17. The van der Waals surface area contributed by atoms with Crippen LogP contribution >= 0.6 is 0 Å². The molecule has 4 rings (SSSR count). The van der Waals surface area contributed by atoms with Gasteiger partial charge in [0.25, 0.3) is 0 Å². The largest absolute Gasteiger partial charge is 0.493 e. The van der Waals surface area contributed by atoms with Gasteiger partial charge in [0.15, 0.2) is 0 Å². The lowest BCUT2D eigenvalue weighted by molar-refractivity contribution is 0.224. The Hall–Kier alpha value is -2.66. The minimum Gasteiger partial charge on any atom is -0.493 e. The first-order valence-electron chi connectivity index (χ1n) is 9.24. The Labute approximate surface area is 154 Å². The summed E-state index contributed by atoms with van der Waals surface area (Å²) in [5.74, 6) is 1.98. The van der Waals surface area contributed by atoms with Crippen LogP contribution in [-0.2, 0) is 0 Å². The molecule has 0 unspecified atom stereocenters. The fourth-order valence-electron chi connectivity index (χ4n) is 3.36. The topological polar surface area (TPSA) is 41.5 Å². The molecule has 0 saturated carbocycles. The molecule has 26 heavy (non-hydrogen) atoms. The number of rotatable bonds is 6. The van der Waals surface area contributed by atoms with Gasteiger partial charge in [-0.2, -0.15) is 0 Å². The lowest BCUT2D eigenvalue weighted by atomic mass is 10.2. The van der Waals surface area contributed by atoms with E-state index in [1.807, 2.05) is 42.7 Å². The summed E-state index contributed by atoms with van der Waals surface area (Å²) in [5, 5.41) is 1.14. The van der Waals surface area contributed by atoms with Gasteiger partial charge in [0.1, 0.15) is 11.6 Å². The van der Waals surface area contributed by atoms with E-state index in [1.54, 1.807) is 0 Å². The van der Waals surface area contributed by atoms with Crippen LogP contribution in [-0.4, -0.2) is 54.2 Å². The minimum atomic E-state index is 0.735. The number of ether oxygens (including phenoxy) is 1. The van der Waals surface area contributed by atoms with E-state index in [0.717, 1.165) is 68.2 Å². The fraction of sp³-hybridized carbons (Fsp3) is 0.333. The summed E-state index contributed by atoms with van der Waals surface area (Å²) in [4.78, 5) is 13.7. The van der Waals surface area contributed by atoms with Gasteiger partial charge in [0.05, 0.1) is 12.1 Å². The van der Waals surface area contributed by atoms with Gasteiger partial charge >= 0.3 is 0 Å². The van der Waals surface area contributed by atoms with Crippen molar-refractivity contribution in [2.75, 3.05) is 44.2 Å². The molecule has 0 aliphatic carbocycles. The van der Waals surface area contributed by atoms with E-state index in [9.17, 15) is 0 Å². The molecule has 2 aromatic heterocycles. The first-order chi connectivity index (χ1) is 12.9. The summed E-state index contributed by atoms with van der Waals surface area (Å²) in [5.41, 5.74) is 0.982. The normalized spacial score (nSPS) is 15.3. The van der Waals surface area contributed by atoms with Crippen molar-refractivity contribution < 1.29 is 4.74 Å². The molecule has 0 radical (unpaired) electrons. The predicted molar refractivity (Wildman–Crippen MR) is 105 cm³/mol. The van der Waals surface area contributed by atoms with Crippen molar-refractivity contribution in [3.05, 3.63) is 60.9 Å². The Morgan fingerprint density at radius 1 is 0.885 bits per heavy atom. The fourth-order valence-corrected chi connectivity index (χ4v) is 3.36. The lowest BCUT2D eigenvalue weighted by Gasteiger charge is -2.35. The molecular weight excluding hydrogens is 324 g/mol. The molecule has 1 aliphatic rings. The van der Waals surface area contributed by atoms with Crippen molar-refractivity contribution in [1.29, 1.82) is 0 Å². The predicted octanol–water partition coefficient (Wildman–Crippen LogP) is 3.22. The van der Waals surface area contributed by atoms with Crippen LogP contribution in [0.4, 0.5) is 5.82 Å². The molecule has 1 aromatic carbocycles. The van der Waals surface area contributed by atoms with Gasteiger partial charge in [-0.25, -0.2) is 4.98 Å². The maximum atomic E-state index is 5.91. The van der Waals surface area contributed by atoms with E-state index >= 15 is 0 Å². The van der Waals surface area contributed by atoms with E-state index in [0.29, 0.717) is 0 Å². The highest BCUT2D eigenvalue weighted by atomic mass is 16.5. The highest BCUT2D eigenvalue weighted by Crippen LogP contribution is 2.19. The van der Waals surface area contributed by atoms with Gasteiger partial charge in [-0.15, -0.1) is 0 Å². The van der Waals surface area contributed by atoms with Crippen LogP contribution in [0.5, 0.6) is 5.75 Å². The lowest BCUT2D eigenvalue weighted by Crippen LogP contribution is -2.47. The van der Waals surface area contributed by atoms with E-state index < -0.39 is 0 Å². The third-order valence-corrected chi connectivity index (χ3v) is 4.81. The number of hydrogen-bond acceptors (Lipinski definition) is 5. The zero-order valence-electron chi connectivity index (χ0n) is 14.9. The van der Waals surface area contributed by atoms with Gasteiger partial charge < -0.3 is 9.64 Å². The Balaban J connectivity index is 1.19. The molecule has 3 heterocycles. The van der Waals surface area contributed by atoms with Crippen LogP contribution in [0.2, 0.25) is 0 Å². The summed E-state index contributed by atoms with van der Waals surface area (Å²) >= 11 is 0. The number of benzene rings is 1. The zero-order chi connectivity index (χ0) is 17.6. The Morgan fingerprint density at radius 3 is 2.62 bits per heavy atom. The van der Waals surface area contributed by atoms with Crippen molar-refractivity contribution in [2.45, 2.75) is 6.42 Å². The number of fused-ring (bicyclic) bond motifs is 1. The third kappa shape index (κ3) is 4.11. The van der Waals surface area contributed by atoms with E-state index in [4.69, 9.17) is 4.74 Å². The quantitative estimate of drug-likeness (QED) is 0.640. The second-order valence-corrected chi connectivity index (χ2v) is 6.58. The molecule has 5 nitrogen and oxygen atoms in total.